The van der Waals surface area contributed by atoms with Gasteiger partial charge in [0.2, 0.25) is 0 Å². The van der Waals surface area contributed by atoms with Gasteiger partial charge in [-0.2, -0.15) is 0 Å². The Kier molecular flexibility index (Phi) is 2.95. The molecule has 2 aliphatic carbocycles. The minimum absolute atomic E-state index is 0.784. The first-order valence-corrected chi connectivity index (χ1v) is 7.77. The average Bonchev–Trinajstić information content (AvgIpc) is 3.09. The quantitative estimate of drug-likeness (QED) is 0.792. The van der Waals surface area contributed by atoms with Crippen molar-refractivity contribution in [2.24, 2.45) is 0 Å². The van der Waals surface area contributed by atoms with E-state index in [0.29, 0.717) is 0 Å². The van der Waals surface area contributed by atoms with Gasteiger partial charge in [-0.25, -0.2) is 0 Å². The average molecular weight is 260 g/mol. The first-order valence-electron chi connectivity index (χ1n) is 7.77. The van der Waals surface area contributed by atoms with Crippen molar-refractivity contribution in [3.05, 3.63) is 70.1 Å². The summed E-state index contributed by atoms with van der Waals surface area (Å²) in [6.07, 6.45) is 8.74. The van der Waals surface area contributed by atoms with E-state index in [9.17, 15) is 0 Å². The second-order valence-corrected chi connectivity index (χ2v) is 6.07. The molecule has 0 saturated carbocycles. The number of benzene rings is 2. The van der Waals surface area contributed by atoms with Crippen molar-refractivity contribution >= 4 is 11.6 Å². The van der Waals surface area contributed by atoms with Crippen LogP contribution in [0.4, 0.5) is 0 Å². The lowest BCUT2D eigenvalue weighted by Gasteiger charge is -2.12. The van der Waals surface area contributed by atoms with Crippen molar-refractivity contribution in [3.63, 3.8) is 0 Å². The molecule has 0 saturated heterocycles. The van der Waals surface area contributed by atoms with Gasteiger partial charge in [-0.05, 0) is 59.6 Å². The Balaban J connectivity index is 1.55. The lowest BCUT2D eigenvalue weighted by Crippen LogP contribution is -2.21. The molecule has 2 aromatic rings. The molecule has 0 amide bonds. The van der Waals surface area contributed by atoms with Crippen LogP contribution in [0.25, 0.3) is 11.6 Å². The second-order valence-electron chi connectivity index (χ2n) is 6.07. The Morgan fingerprint density at radius 3 is 2.80 bits per heavy atom. The molecule has 0 heteroatoms. The molecule has 0 nitrogen and oxygen atoms in total. The van der Waals surface area contributed by atoms with Gasteiger partial charge in [-0.3, -0.25) is 0 Å². The molecule has 0 heterocycles. The minimum Gasteiger partial charge on any atom is -0.0726 e. The summed E-state index contributed by atoms with van der Waals surface area (Å²) in [5, 5.41) is 2.94. The van der Waals surface area contributed by atoms with Crippen molar-refractivity contribution in [1.29, 1.82) is 0 Å². The van der Waals surface area contributed by atoms with Crippen LogP contribution in [0.15, 0.2) is 48.5 Å². The third kappa shape index (κ3) is 2.00. The van der Waals surface area contributed by atoms with Crippen LogP contribution in [0, 0.1) is 0 Å². The van der Waals surface area contributed by atoms with E-state index in [0.717, 1.165) is 12.3 Å². The summed E-state index contributed by atoms with van der Waals surface area (Å²) in [5.74, 6) is 0.784. The monoisotopic (exact) mass is 260 g/mol. The van der Waals surface area contributed by atoms with Crippen LogP contribution in [0.5, 0.6) is 0 Å². The van der Waals surface area contributed by atoms with E-state index in [1.54, 1.807) is 16.7 Å². The van der Waals surface area contributed by atoms with E-state index in [-0.39, 0.29) is 0 Å². The summed E-state index contributed by atoms with van der Waals surface area (Å²) < 4.78 is 0. The summed E-state index contributed by atoms with van der Waals surface area (Å²) in [6, 6.07) is 17.9. The Hall–Kier alpha value is -1.82. The van der Waals surface area contributed by atoms with E-state index >= 15 is 0 Å². The van der Waals surface area contributed by atoms with Crippen molar-refractivity contribution in [1.82, 2.24) is 0 Å². The predicted molar refractivity (Wildman–Crippen MR) is 84.9 cm³/mol. The van der Waals surface area contributed by atoms with Gasteiger partial charge in [-0.1, -0.05) is 60.2 Å². The SMILES string of the molecule is C1=c2ccccc2=C(CCC2CCc3ccccc32)C1. The summed E-state index contributed by atoms with van der Waals surface area (Å²) >= 11 is 0. The molecule has 0 aromatic heterocycles. The first-order chi connectivity index (χ1) is 9.92. The molecule has 1 atom stereocenters. The molecule has 0 aliphatic heterocycles. The zero-order valence-corrected chi connectivity index (χ0v) is 11.8. The molecule has 1 unspecified atom stereocenters. The van der Waals surface area contributed by atoms with Gasteiger partial charge < -0.3 is 0 Å². The number of rotatable bonds is 3. The van der Waals surface area contributed by atoms with Crippen LogP contribution in [0.1, 0.15) is 42.7 Å². The van der Waals surface area contributed by atoms with Crippen molar-refractivity contribution in [2.75, 3.05) is 0 Å². The van der Waals surface area contributed by atoms with E-state index in [2.05, 4.69) is 54.6 Å². The lowest BCUT2D eigenvalue weighted by molar-refractivity contribution is 0.628. The Morgan fingerprint density at radius 2 is 1.80 bits per heavy atom. The zero-order chi connectivity index (χ0) is 13.4. The van der Waals surface area contributed by atoms with Gasteiger partial charge in [0.15, 0.2) is 0 Å². The Bertz CT molecular complexity index is 752. The molecule has 0 spiro atoms. The molecule has 0 N–H and O–H groups in total. The van der Waals surface area contributed by atoms with E-state index in [1.807, 2.05) is 0 Å². The van der Waals surface area contributed by atoms with Crippen molar-refractivity contribution in [3.8, 4) is 0 Å². The normalized spacial score (nSPS) is 19.6. The first kappa shape index (κ1) is 12.0. The van der Waals surface area contributed by atoms with E-state index in [4.69, 9.17) is 0 Å². The van der Waals surface area contributed by atoms with Crippen LogP contribution in [0.2, 0.25) is 0 Å². The van der Waals surface area contributed by atoms with E-state index < -0.39 is 0 Å². The molecular weight excluding hydrogens is 240 g/mol. The fourth-order valence-electron chi connectivity index (χ4n) is 3.87. The minimum atomic E-state index is 0.784. The molecule has 2 aromatic carbocycles. The third-order valence-corrected chi connectivity index (χ3v) is 4.96. The predicted octanol–water partition coefficient (Wildman–Crippen LogP) is 3.53. The van der Waals surface area contributed by atoms with Crippen LogP contribution >= 0.6 is 0 Å². The number of hydrogen-bond acceptors (Lipinski definition) is 0. The largest absolute Gasteiger partial charge is 0.0726 e. The molecule has 4 rings (SSSR count). The standard InChI is InChI=1S/C20H20/c1-3-7-19-15(5-1)9-11-17(19)13-14-18-12-10-16-6-2-4-8-20(16)18/h1-9,18H,10-14H2. The Morgan fingerprint density at radius 1 is 0.950 bits per heavy atom. The molecule has 0 fully saturated rings. The summed E-state index contributed by atoms with van der Waals surface area (Å²) in [7, 11) is 0. The molecular formula is C20H20. The summed E-state index contributed by atoms with van der Waals surface area (Å²) in [6.45, 7) is 0. The van der Waals surface area contributed by atoms with Gasteiger partial charge in [0, 0.05) is 0 Å². The molecule has 0 radical (unpaired) electrons. The lowest BCUT2D eigenvalue weighted by atomic mass is 9.93. The van der Waals surface area contributed by atoms with Gasteiger partial charge in [-0.15, -0.1) is 0 Å². The number of hydrogen-bond donors (Lipinski definition) is 0. The van der Waals surface area contributed by atoms with Crippen molar-refractivity contribution in [2.45, 2.75) is 38.0 Å². The fourth-order valence-corrected chi connectivity index (χ4v) is 3.87. The highest BCUT2D eigenvalue weighted by Crippen LogP contribution is 2.37. The highest BCUT2D eigenvalue weighted by atomic mass is 14.3. The topological polar surface area (TPSA) is 0 Å². The highest BCUT2D eigenvalue weighted by Gasteiger charge is 2.21. The smallest absolute Gasteiger partial charge is 0.0120 e. The van der Waals surface area contributed by atoms with Crippen LogP contribution < -0.4 is 10.4 Å². The van der Waals surface area contributed by atoms with E-state index in [1.165, 1.54) is 36.1 Å². The molecule has 0 bridgehead atoms. The highest BCUT2D eigenvalue weighted by molar-refractivity contribution is 5.59. The number of fused-ring (bicyclic) bond motifs is 2. The maximum atomic E-state index is 2.38. The molecule has 100 valence electrons. The van der Waals surface area contributed by atoms with Crippen LogP contribution in [0.3, 0.4) is 0 Å². The third-order valence-electron chi connectivity index (χ3n) is 4.96. The fraction of sp³-hybridized carbons (Fsp3) is 0.300. The van der Waals surface area contributed by atoms with Crippen LogP contribution in [-0.4, -0.2) is 0 Å². The zero-order valence-electron chi connectivity index (χ0n) is 11.8. The van der Waals surface area contributed by atoms with Crippen molar-refractivity contribution < 1.29 is 0 Å². The molecule has 2 aliphatic rings. The van der Waals surface area contributed by atoms with Crippen LogP contribution in [-0.2, 0) is 6.42 Å². The maximum Gasteiger partial charge on any atom is -0.0120 e. The Labute approximate surface area is 120 Å². The summed E-state index contributed by atoms with van der Waals surface area (Å²) in [4.78, 5) is 0. The summed E-state index contributed by atoms with van der Waals surface area (Å²) in [5.41, 5.74) is 4.84. The van der Waals surface area contributed by atoms with Gasteiger partial charge in [0.05, 0.1) is 0 Å². The van der Waals surface area contributed by atoms with Gasteiger partial charge >= 0.3 is 0 Å². The second kappa shape index (κ2) is 4.94. The number of aryl methyl sites for hydroxylation is 1. The molecule has 20 heavy (non-hydrogen) atoms. The maximum absolute atomic E-state index is 2.38. The van der Waals surface area contributed by atoms with Gasteiger partial charge in [0.25, 0.3) is 0 Å². The van der Waals surface area contributed by atoms with Gasteiger partial charge in [0.1, 0.15) is 0 Å².